The van der Waals surface area contributed by atoms with E-state index in [4.69, 9.17) is 0 Å². The first kappa shape index (κ1) is 19.6. The molecule has 0 saturated heterocycles. The molecule has 4 heteroatoms. The highest BCUT2D eigenvalue weighted by molar-refractivity contribution is 5.95. The predicted molar refractivity (Wildman–Crippen MR) is 117 cm³/mol. The summed E-state index contributed by atoms with van der Waals surface area (Å²) < 4.78 is 0. The third-order valence-electron chi connectivity index (χ3n) is 4.64. The van der Waals surface area contributed by atoms with E-state index in [-0.39, 0.29) is 11.8 Å². The van der Waals surface area contributed by atoms with Gasteiger partial charge in [-0.15, -0.1) is 0 Å². The molecule has 1 heterocycles. The molecule has 0 fully saturated rings. The van der Waals surface area contributed by atoms with Crippen LogP contribution in [0.25, 0.3) is 11.1 Å². The van der Waals surface area contributed by atoms with Crippen molar-refractivity contribution < 1.29 is 4.79 Å². The third-order valence-corrected chi connectivity index (χ3v) is 4.64. The molecule has 3 rings (SSSR count). The van der Waals surface area contributed by atoms with Crippen molar-refractivity contribution in [2.45, 2.75) is 39.7 Å². The lowest BCUT2D eigenvalue weighted by atomic mass is 9.99. The van der Waals surface area contributed by atoms with Gasteiger partial charge in [-0.05, 0) is 80.8 Å². The minimum absolute atomic E-state index is 0.0166. The molecule has 2 N–H and O–H groups in total. The molecule has 0 spiro atoms. The summed E-state index contributed by atoms with van der Waals surface area (Å²) >= 11 is 0. The first-order chi connectivity index (χ1) is 13.4. The maximum absolute atomic E-state index is 12.6. The summed E-state index contributed by atoms with van der Waals surface area (Å²) in [6.45, 7) is 8.11. The number of hydrogen-bond acceptors (Lipinski definition) is 3. The van der Waals surface area contributed by atoms with Crippen LogP contribution in [0.15, 0.2) is 66.9 Å². The zero-order chi connectivity index (χ0) is 20.1. The van der Waals surface area contributed by atoms with Crippen LogP contribution in [0.2, 0.25) is 0 Å². The fourth-order valence-corrected chi connectivity index (χ4v) is 3.07. The highest BCUT2D eigenvalue weighted by Gasteiger charge is 2.15. The van der Waals surface area contributed by atoms with Crippen molar-refractivity contribution in [1.82, 2.24) is 4.98 Å². The number of carbonyl (C=O) groups excluding carboxylic acids is 1. The van der Waals surface area contributed by atoms with Crippen LogP contribution in [0.1, 0.15) is 37.9 Å². The Kier molecular flexibility index (Phi) is 6.09. The third kappa shape index (κ3) is 4.97. The normalized spacial score (nSPS) is 11.9. The number of aryl methyl sites for hydroxylation is 1. The summed E-state index contributed by atoms with van der Waals surface area (Å²) in [5.41, 5.74) is 6.06. The van der Waals surface area contributed by atoms with Crippen LogP contribution in [-0.4, -0.2) is 16.9 Å². The minimum Gasteiger partial charge on any atom is -0.383 e. The lowest BCUT2D eigenvalue weighted by Crippen LogP contribution is -2.19. The summed E-state index contributed by atoms with van der Waals surface area (Å²) in [6, 6.07) is 20.4. The quantitative estimate of drug-likeness (QED) is 0.590. The Bertz CT molecular complexity index is 931. The number of hydrogen-bond donors (Lipinski definition) is 2. The number of aromatic nitrogens is 1. The average Bonchev–Trinajstić information content (AvgIpc) is 2.68. The molecule has 0 saturated carbocycles. The standard InChI is InChI=1S/C24H27N3O/c1-16(2)26-22-9-5-19(6-10-22)18(4)24(28)27-23-11-7-20(8-12-23)21-13-14-25-17(3)15-21/h5-16,18,26H,1-4H3,(H,27,28)/t18-/m0/s1. The Balaban J connectivity index is 1.65. The molecular formula is C24H27N3O. The highest BCUT2D eigenvalue weighted by atomic mass is 16.1. The molecule has 0 aliphatic rings. The van der Waals surface area contributed by atoms with Crippen molar-refractivity contribution in [1.29, 1.82) is 0 Å². The van der Waals surface area contributed by atoms with Crippen LogP contribution in [0.3, 0.4) is 0 Å². The van der Waals surface area contributed by atoms with Crippen LogP contribution >= 0.6 is 0 Å². The summed E-state index contributed by atoms with van der Waals surface area (Å²) in [4.78, 5) is 16.9. The van der Waals surface area contributed by atoms with Gasteiger partial charge >= 0.3 is 0 Å². The van der Waals surface area contributed by atoms with E-state index < -0.39 is 0 Å². The summed E-state index contributed by atoms with van der Waals surface area (Å²) in [6.07, 6.45) is 1.81. The second kappa shape index (κ2) is 8.70. The van der Waals surface area contributed by atoms with Crippen LogP contribution in [0, 0.1) is 6.92 Å². The zero-order valence-corrected chi connectivity index (χ0v) is 16.9. The molecule has 2 aromatic carbocycles. The van der Waals surface area contributed by atoms with Crippen LogP contribution in [0.5, 0.6) is 0 Å². The van der Waals surface area contributed by atoms with Gasteiger partial charge in [-0.3, -0.25) is 9.78 Å². The lowest BCUT2D eigenvalue weighted by molar-refractivity contribution is -0.117. The fraction of sp³-hybridized carbons (Fsp3) is 0.250. The van der Waals surface area contributed by atoms with Gasteiger partial charge in [0.2, 0.25) is 5.91 Å². The number of benzene rings is 2. The number of nitrogens with zero attached hydrogens (tertiary/aromatic N) is 1. The van der Waals surface area contributed by atoms with E-state index in [1.807, 2.05) is 80.7 Å². The lowest BCUT2D eigenvalue weighted by Gasteiger charge is -2.15. The van der Waals surface area contributed by atoms with Crippen LogP contribution in [0.4, 0.5) is 11.4 Å². The van der Waals surface area contributed by atoms with Gasteiger partial charge in [0.25, 0.3) is 0 Å². The maximum atomic E-state index is 12.6. The van der Waals surface area contributed by atoms with E-state index >= 15 is 0 Å². The van der Waals surface area contributed by atoms with Crippen molar-refractivity contribution >= 4 is 17.3 Å². The molecule has 0 unspecified atom stereocenters. The highest BCUT2D eigenvalue weighted by Crippen LogP contribution is 2.24. The van der Waals surface area contributed by atoms with E-state index in [1.54, 1.807) is 0 Å². The predicted octanol–water partition coefficient (Wildman–Crippen LogP) is 5.62. The molecule has 0 bridgehead atoms. The van der Waals surface area contributed by atoms with Gasteiger partial charge in [0.1, 0.15) is 0 Å². The Morgan fingerprint density at radius 2 is 1.50 bits per heavy atom. The molecule has 1 atom stereocenters. The molecule has 0 radical (unpaired) electrons. The Morgan fingerprint density at radius 3 is 2.11 bits per heavy atom. The molecule has 28 heavy (non-hydrogen) atoms. The Hall–Kier alpha value is -3.14. The summed E-state index contributed by atoms with van der Waals surface area (Å²) in [5, 5.41) is 6.37. The number of carbonyl (C=O) groups is 1. The second-order valence-electron chi connectivity index (χ2n) is 7.40. The molecule has 1 aromatic heterocycles. The SMILES string of the molecule is Cc1cc(-c2ccc(NC(=O)[C@@H](C)c3ccc(NC(C)C)cc3)cc2)ccn1. The van der Waals surface area contributed by atoms with E-state index in [0.29, 0.717) is 6.04 Å². The smallest absolute Gasteiger partial charge is 0.231 e. The van der Waals surface area contributed by atoms with Gasteiger partial charge in [0.05, 0.1) is 5.92 Å². The fourth-order valence-electron chi connectivity index (χ4n) is 3.07. The zero-order valence-electron chi connectivity index (χ0n) is 16.9. The van der Waals surface area contributed by atoms with E-state index in [1.165, 1.54) is 0 Å². The van der Waals surface area contributed by atoms with Gasteiger partial charge < -0.3 is 10.6 Å². The van der Waals surface area contributed by atoms with Crippen LogP contribution < -0.4 is 10.6 Å². The van der Waals surface area contributed by atoms with Crippen molar-refractivity contribution in [3.63, 3.8) is 0 Å². The molecule has 0 aliphatic heterocycles. The first-order valence-electron chi connectivity index (χ1n) is 9.63. The van der Waals surface area contributed by atoms with Crippen molar-refractivity contribution in [2.75, 3.05) is 10.6 Å². The van der Waals surface area contributed by atoms with Gasteiger partial charge in [-0.25, -0.2) is 0 Å². The summed E-state index contributed by atoms with van der Waals surface area (Å²) in [7, 11) is 0. The molecule has 3 aromatic rings. The molecule has 0 aliphatic carbocycles. The largest absolute Gasteiger partial charge is 0.383 e. The van der Waals surface area contributed by atoms with E-state index in [2.05, 4.69) is 29.5 Å². The molecule has 144 valence electrons. The minimum atomic E-state index is -0.226. The Labute approximate surface area is 167 Å². The monoisotopic (exact) mass is 373 g/mol. The van der Waals surface area contributed by atoms with Gasteiger partial charge in [0.15, 0.2) is 0 Å². The average molecular weight is 374 g/mol. The number of amides is 1. The van der Waals surface area contributed by atoms with Crippen LogP contribution in [-0.2, 0) is 4.79 Å². The first-order valence-corrected chi connectivity index (χ1v) is 9.63. The van der Waals surface area contributed by atoms with Gasteiger partial charge in [-0.1, -0.05) is 24.3 Å². The van der Waals surface area contributed by atoms with Crippen molar-refractivity contribution in [2.24, 2.45) is 0 Å². The molecule has 1 amide bonds. The topological polar surface area (TPSA) is 54.0 Å². The molecule has 4 nitrogen and oxygen atoms in total. The van der Waals surface area contributed by atoms with Crippen molar-refractivity contribution in [3.05, 3.63) is 78.1 Å². The molecular weight excluding hydrogens is 346 g/mol. The van der Waals surface area contributed by atoms with Crippen molar-refractivity contribution in [3.8, 4) is 11.1 Å². The van der Waals surface area contributed by atoms with E-state index in [0.717, 1.165) is 33.8 Å². The maximum Gasteiger partial charge on any atom is 0.231 e. The number of rotatable bonds is 6. The van der Waals surface area contributed by atoms with Gasteiger partial charge in [0, 0.05) is 29.3 Å². The second-order valence-corrected chi connectivity index (χ2v) is 7.40. The number of anilines is 2. The number of nitrogens with one attached hydrogen (secondary N) is 2. The van der Waals surface area contributed by atoms with E-state index in [9.17, 15) is 4.79 Å². The van der Waals surface area contributed by atoms with Gasteiger partial charge in [-0.2, -0.15) is 0 Å². The Morgan fingerprint density at radius 1 is 0.857 bits per heavy atom. The summed E-state index contributed by atoms with van der Waals surface area (Å²) in [5.74, 6) is -0.243. The number of pyridine rings is 1.